The van der Waals surface area contributed by atoms with Crippen LogP contribution < -0.4 is 5.14 Å². The molecule has 0 heterocycles. The van der Waals surface area contributed by atoms with Crippen LogP contribution in [-0.2, 0) is 4.75 Å². The van der Waals surface area contributed by atoms with E-state index in [1.54, 1.807) is 0 Å². The normalized spacial score (nSPS) is 18.6. The lowest BCUT2D eigenvalue weighted by atomic mass is 9.81. The summed E-state index contributed by atoms with van der Waals surface area (Å²) in [5.74, 6) is 0. The Labute approximate surface area is 132 Å². The first-order chi connectivity index (χ1) is 10.3. The Morgan fingerprint density at radius 2 is 1.95 bits per heavy atom. The topological polar surface area (TPSA) is 26.0 Å². The molecule has 1 aromatic carbocycles. The number of benzene rings is 1. The van der Waals surface area contributed by atoms with Crippen LogP contribution in [0.5, 0.6) is 0 Å². The van der Waals surface area contributed by atoms with Crippen molar-refractivity contribution < 1.29 is 0 Å². The van der Waals surface area contributed by atoms with Crippen molar-refractivity contribution in [1.29, 1.82) is 0 Å². The summed E-state index contributed by atoms with van der Waals surface area (Å²) >= 11 is 1.41. The van der Waals surface area contributed by atoms with E-state index >= 15 is 0 Å². The summed E-state index contributed by atoms with van der Waals surface area (Å²) in [7, 11) is 0. The van der Waals surface area contributed by atoms with Gasteiger partial charge in [0.15, 0.2) is 0 Å². The lowest BCUT2D eigenvalue weighted by Crippen LogP contribution is -2.29. The monoisotopic (exact) mass is 297 g/mol. The molecule has 2 N–H and O–H groups in total. The maximum atomic E-state index is 6.24. The summed E-state index contributed by atoms with van der Waals surface area (Å²) in [6, 6.07) is 10.5. The highest BCUT2D eigenvalue weighted by Crippen LogP contribution is 2.48. The van der Waals surface area contributed by atoms with Gasteiger partial charge in [-0.3, -0.25) is 5.14 Å². The van der Waals surface area contributed by atoms with Crippen LogP contribution >= 0.6 is 11.9 Å². The number of allylic oxidation sites excluding steroid dienone is 6. The Hall–Kier alpha value is -1.51. The minimum Gasteiger partial charge on any atom is -0.276 e. The van der Waals surface area contributed by atoms with Crippen molar-refractivity contribution in [2.75, 3.05) is 0 Å². The van der Waals surface area contributed by atoms with Gasteiger partial charge in [-0.1, -0.05) is 78.7 Å². The molecule has 1 nitrogen and oxygen atoms in total. The second-order valence-corrected chi connectivity index (χ2v) is 5.90. The summed E-state index contributed by atoms with van der Waals surface area (Å²) in [5.41, 5.74) is 3.72. The molecule has 0 fully saturated rings. The molecular formula is C19H23NS. The van der Waals surface area contributed by atoms with Crippen molar-refractivity contribution in [2.24, 2.45) is 5.14 Å². The average Bonchev–Trinajstić information content (AvgIpc) is 2.57. The fraction of sp³-hybridized carbons (Fsp3) is 0.263. The molecule has 110 valence electrons. The molecule has 0 aliphatic heterocycles. The second kappa shape index (κ2) is 7.48. The fourth-order valence-corrected chi connectivity index (χ4v) is 3.73. The highest BCUT2D eigenvalue weighted by atomic mass is 32.2. The second-order valence-electron chi connectivity index (χ2n) is 5.05. The first-order valence-corrected chi connectivity index (χ1v) is 8.27. The lowest BCUT2D eigenvalue weighted by molar-refractivity contribution is 0.858. The van der Waals surface area contributed by atoms with Gasteiger partial charge in [0, 0.05) is 0 Å². The van der Waals surface area contributed by atoms with Gasteiger partial charge in [0.1, 0.15) is 4.75 Å². The molecule has 1 aromatic rings. The van der Waals surface area contributed by atoms with Crippen LogP contribution in [0.25, 0.3) is 0 Å². The molecule has 0 radical (unpaired) electrons. The highest BCUT2D eigenvalue weighted by molar-refractivity contribution is 7.98. The quantitative estimate of drug-likeness (QED) is 0.590. The number of nitrogens with two attached hydrogens (primary N) is 1. The van der Waals surface area contributed by atoms with Crippen LogP contribution in [-0.4, -0.2) is 0 Å². The van der Waals surface area contributed by atoms with E-state index in [1.807, 2.05) is 13.0 Å². The molecule has 1 aliphatic carbocycles. The summed E-state index contributed by atoms with van der Waals surface area (Å²) < 4.78 is -0.334. The Balaban J connectivity index is 2.67. The zero-order chi connectivity index (χ0) is 15.1. The maximum absolute atomic E-state index is 6.24. The molecular weight excluding hydrogens is 274 g/mol. The zero-order valence-corrected chi connectivity index (χ0v) is 13.6. The van der Waals surface area contributed by atoms with Gasteiger partial charge < -0.3 is 0 Å². The van der Waals surface area contributed by atoms with Crippen LogP contribution in [0.15, 0.2) is 77.9 Å². The van der Waals surface area contributed by atoms with Crippen LogP contribution in [0.3, 0.4) is 0 Å². The van der Waals surface area contributed by atoms with Gasteiger partial charge in [0.05, 0.1) is 0 Å². The van der Waals surface area contributed by atoms with Gasteiger partial charge in [0.25, 0.3) is 0 Å². The van der Waals surface area contributed by atoms with Gasteiger partial charge in [-0.2, -0.15) is 0 Å². The van der Waals surface area contributed by atoms with E-state index in [9.17, 15) is 0 Å². The first-order valence-electron chi connectivity index (χ1n) is 7.39. The SMILES string of the molecule is C/C=C\C(=C/C)C(SN)(C1=CCCC=C1)c1ccccc1. The molecule has 1 aliphatic rings. The minimum absolute atomic E-state index is 0.334. The van der Waals surface area contributed by atoms with E-state index in [0.717, 1.165) is 12.8 Å². The average molecular weight is 297 g/mol. The predicted octanol–water partition coefficient (Wildman–Crippen LogP) is 5.29. The third kappa shape index (κ3) is 3.07. The van der Waals surface area contributed by atoms with Gasteiger partial charge in [-0.15, -0.1) is 0 Å². The molecule has 1 atom stereocenters. The first kappa shape index (κ1) is 15.9. The van der Waals surface area contributed by atoms with E-state index < -0.39 is 0 Å². The molecule has 0 amide bonds. The summed E-state index contributed by atoms with van der Waals surface area (Å²) in [5, 5.41) is 6.24. The molecule has 2 rings (SSSR count). The Kier molecular flexibility index (Phi) is 5.66. The van der Waals surface area contributed by atoms with Crippen molar-refractivity contribution in [3.63, 3.8) is 0 Å². The largest absolute Gasteiger partial charge is 0.276 e. The third-order valence-corrected chi connectivity index (χ3v) is 4.88. The van der Waals surface area contributed by atoms with Crippen LogP contribution in [0, 0.1) is 0 Å². The number of rotatable bonds is 5. The molecule has 0 saturated carbocycles. The summed E-state index contributed by atoms with van der Waals surface area (Å²) in [6.45, 7) is 4.13. The predicted molar refractivity (Wildman–Crippen MR) is 94.9 cm³/mol. The van der Waals surface area contributed by atoms with Crippen LogP contribution in [0.1, 0.15) is 32.3 Å². The van der Waals surface area contributed by atoms with Crippen LogP contribution in [0.4, 0.5) is 0 Å². The van der Waals surface area contributed by atoms with Crippen molar-refractivity contribution in [3.8, 4) is 0 Å². The molecule has 0 bridgehead atoms. The third-order valence-electron chi connectivity index (χ3n) is 3.82. The summed E-state index contributed by atoms with van der Waals surface area (Å²) in [6.07, 6.45) is 15.4. The van der Waals surface area contributed by atoms with E-state index in [4.69, 9.17) is 5.14 Å². The number of hydrogen-bond acceptors (Lipinski definition) is 2. The van der Waals surface area contributed by atoms with Gasteiger partial charge >= 0.3 is 0 Å². The highest BCUT2D eigenvalue weighted by Gasteiger charge is 2.37. The zero-order valence-electron chi connectivity index (χ0n) is 12.8. The smallest absolute Gasteiger partial charge is 0.104 e. The summed E-state index contributed by atoms with van der Waals surface area (Å²) in [4.78, 5) is 0. The van der Waals surface area contributed by atoms with Gasteiger partial charge in [0.2, 0.25) is 0 Å². The standard InChI is InChI=1S/C19H23NS/c1-3-11-16(4-2)19(21-20,17-12-7-5-8-13-17)18-14-9-6-10-15-18/h3-5,7-9,11-15H,6,10,20H2,1-2H3/b11-3-,16-4+. The molecule has 1 unspecified atom stereocenters. The fourth-order valence-electron chi connectivity index (χ4n) is 2.85. The van der Waals surface area contributed by atoms with Crippen LogP contribution in [0.2, 0.25) is 0 Å². The molecule has 0 aromatic heterocycles. The van der Waals surface area contributed by atoms with E-state index in [0.29, 0.717) is 0 Å². The lowest BCUT2D eigenvalue weighted by Gasteiger charge is -2.36. The van der Waals surface area contributed by atoms with Crippen molar-refractivity contribution in [1.82, 2.24) is 0 Å². The molecule has 0 spiro atoms. The Morgan fingerprint density at radius 3 is 2.48 bits per heavy atom. The molecule has 2 heteroatoms. The van der Waals surface area contributed by atoms with Crippen molar-refractivity contribution in [2.45, 2.75) is 31.4 Å². The Bertz CT molecular complexity index is 575. The minimum atomic E-state index is -0.334. The van der Waals surface area contributed by atoms with Crippen molar-refractivity contribution in [3.05, 3.63) is 83.5 Å². The van der Waals surface area contributed by atoms with E-state index in [2.05, 4.69) is 67.6 Å². The van der Waals surface area contributed by atoms with E-state index in [1.165, 1.54) is 28.7 Å². The maximum Gasteiger partial charge on any atom is 0.104 e. The Morgan fingerprint density at radius 1 is 1.19 bits per heavy atom. The number of hydrogen-bond donors (Lipinski definition) is 1. The van der Waals surface area contributed by atoms with E-state index in [-0.39, 0.29) is 4.75 Å². The molecule has 0 saturated heterocycles. The van der Waals surface area contributed by atoms with Gasteiger partial charge in [-0.25, -0.2) is 0 Å². The van der Waals surface area contributed by atoms with Gasteiger partial charge in [-0.05, 0) is 43.4 Å². The molecule has 21 heavy (non-hydrogen) atoms. The van der Waals surface area contributed by atoms with Crippen molar-refractivity contribution >= 4 is 11.9 Å².